The molecule has 74 valence electrons. The van der Waals surface area contributed by atoms with Crippen molar-refractivity contribution in [3.05, 3.63) is 28.2 Å². The maximum Gasteiger partial charge on any atom is 0.100 e. The third-order valence-corrected chi connectivity index (χ3v) is 3.80. The zero-order valence-corrected chi connectivity index (χ0v) is 10.7. The van der Waals surface area contributed by atoms with E-state index in [-0.39, 0.29) is 0 Å². The molecular weight excluding hydrogens is 258 g/mol. The number of hydrogen-bond donors (Lipinski definition) is 0. The molecule has 1 aromatic carbocycles. The Morgan fingerprint density at radius 2 is 2.29 bits per heavy atom. The van der Waals surface area contributed by atoms with Crippen LogP contribution in [0.3, 0.4) is 0 Å². The molecule has 1 rings (SSSR count). The first-order valence-corrected chi connectivity index (χ1v) is 6.21. The van der Waals surface area contributed by atoms with Crippen LogP contribution in [-0.2, 0) is 0 Å². The van der Waals surface area contributed by atoms with Crippen molar-refractivity contribution in [2.24, 2.45) is 0 Å². The van der Waals surface area contributed by atoms with Gasteiger partial charge < -0.3 is 0 Å². The van der Waals surface area contributed by atoms with E-state index >= 15 is 0 Å². The molecule has 0 saturated heterocycles. The Bertz CT molecular complexity index is 357. The van der Waals surface area contributed by atoms with Crippen LogP contribution >= 0.6 is 27.7 Å². The average Bonchev–Trinajstić information content (AvgIpc) is 2.20. The number of thioether (sulfide) groups is 1. The topological polar surface area (TPSA) is 23.8 Å². The summed E-state index contributed by atoms with van der Waals surface area (Å²) in [7, 11) is 0. The molecule has 0 heterocycles. The van der Waals surface area contributed by atoms with E-state index in [0.717, 1.165) is 21.4 Å². The van der Waals surface area contributed by atoms with Gasteiger partial charge in [-0.3, -0.25) is 0 Å². The molecule has 0 aliphatic carbocycles. The molecule has 0 aromatic heterocycles. The second kappa shape index (κ2) is 5.43. The van der Waals surface area contributed by atoms with Gasteiger partial charge in [-0.25, -0.2) is 0 Å². The van der Waals surface area contributed by atoms with Crippen molar-refractivity contribution in [1.29, 1.82) is 5.26 Å². The van der Waals surface area contributed by atoms with Crippen molar-refractivity contribution in [3.63, 3.8) is 0 Å². The Morgan fingerprint density at radius 1 is 1.57 bits per heavy atom. The lowest BCUT2D eigenvalue weighted by atomic mass is 10.2. The number of halogens is 1. The second-order valence-corrected chi connectivity index (χ2v) is 5.48. The predicted molar refractivity (Wildman–Crippen MR) is 64.5 cm³/mol. The second-order valence-electron chi connectivity index (χ2n) is 3.09. The predicted octanol–water partition coefficient (Wildman–Crippen LogP) is 4.21. The van der Waals surface area contributed by atoms with Crippen LogP contribution in [-0.4, -0.2) is 5.25 Å². The molecule has 0 bridgehead atoms. The van der Waals surface area contributed by atoms with Crippen molar-refractivity contribution in [2.75, 3.05) is 0 Å². The van der Waals surface area contributed by atoms with Gasteiger partial charge in [-0.15, -0.1) is 11.8 Å². The monoisotopic (exact) mass is 269 g/mol. The zero-order chi connectivity index (χ0) is 10.6. The number of nitriles is 1. The minimum atomic E-state index is 0.559. The number of hydrogen-bond acceptors (Lipinski definition) is 2. The van der Waals surface area contributed by atoms with Gasteiger partial charge in [0.15, 0.2) is 0 Å². The normalized spacial score (nSPS) is 12.1. The highest BCUT2D eigenvalue weighted by molar-refractivity contribution is 9.10. The standard InChI is InChI=1S/C11H12BrNS/c1-3-8(2)14-11-5-4-10(12)6-9(11)7-13/h4-6,8H,3H2,1-2H3. The Hall–Kier alpha value is -0.460. The van der Waals surface area contributed by atoms with Crippen LogP contribution in [0.4, 0.5) is 0 Å². The molecule has 0 saturated carbocycles. The van der Waals surface area contributed by atoms with Crippen molar-refractivity contribution < 1.29 is 0 Å². The fraction of sp³-hybridized carbons (Fsp3) is 0.364. The van der Waals surface area contributed by atoms with Crippen molar-refractivity contribution in [2.45, 2.75) is 30.4 Å². The molecule has 1 atom stereocenters. The van der Waals surface area contributed by atoms with E-state index in [1.165, 1.54) is 0 Å². The minimum Gasteiger partial charge on any atom is -0.192 e. The van der Waals surface area contributed by atoms with Crippen LogP contribution in [0, 0.1) is 11.3 Å². The highest BCUT2D eigenvalue weighted by Gasteiger charge is 2.06. The zero-order valence-electron chi connectivity index (χ0n) is 8.25. The molecule has 0 N–H and O–H groups in total. The van der Waals surface area contributed by atoms with Crippen LogP contribution in [0.15, 0.2) is 27.6 Å². The third kappa shape index (κ3) is 3.04. The van der Waals surface area contributed by atoms with Gasteiger partial charge in [0.25, 0.3) is 0 Å². The van der Waals surface area contributed by atoms with Crippen molar-refractivity contribution >= 4 is 27.7 Å². The fourth-order valence-electron chi connectivity index (χ4n) is 0.992. The number of benzene rings is 1. The molecule has 3 heteroatoms. The smallest absolute Gasteiger partial charge is 0.100 e. The quantitative estimate of drug-likeness (QED) is 0.768. The van der Waals surface area contributed by atoms with Crippen LogP contribution in [0.2, 0.25) is 0 Å². The first-order chi connectivity index (χ1) is 6.67. The molecular formula is C11H12BrNS. The molecule has 0 aliphatic heterocycles. The fourth-order valence-corrected chi connectivity index (χ4v) is 2.33. The van der Waals surface area contributed by atoms with Crippen molar-refractivity contribution in [1.82, 2.24) is 0 Å². The molecule has 0 aliphatic rings. The van der Waals surface area contributed by atoms with Crippen LogP contribution < -0.4 is 0 Å². The SMILES string of the molecule is CCC(C)Sc1ccc(Br)cc1C#N. The summed E-state index contributed by atoms with van der Waals surface area (Å²) in [4.78, 5) is 1.07. The van der Waals surface area contributed by atoms with Crippen molar-refractivity contribution in [3.8, 4) is 6.07 Å². The Labute approximate surface area is 97.6 Å². The van der Waals surface area contributed by atoms with Crippen LogP contribution in [0.25, 0.3) is 0 Å². The lowest BCUT2D eigenvalue weighted by Gasteiger charge is -2.09. The van der Waals surface area contributed by atoms with E-state index in [9.17, 15) is 0 Å². The first kappa shape index (κ1) is 11.6. The van der Waals surface area contributed by atoms with E-state index in [4.69, 9.17) is 5.26 Å². The van der Waals surface area contributed by atoms with Gasteiger partial charge in [-0.2, -0.15) is 5.26 Å². The lowest BCUT2D eigenvalue weighted by molar-refractivity contribution is 0.905. The van der Waals surface area contributed by atoms with E-state index in [0.29, 0.717) is 5.25 Å². The first-order valence-electron chi connectivity index (χ1n) is 4.53. The van der Waals surface area contributed by atoms with Crippen LogP contribution in [0.5, 0.6) is 0 Å². The summed E-state index contributed by atoms with van der Waals surface area (Å²) in [5.74, 6) is 0. The van der Waals surface area contributed by atoms with Crippen LogP contribution in [0.1, 0.15) is 25.8 Å². The van der Waals surface area contributed by atoms with Gasteiger partial charge in [0, 0.05) is 14.6 Å². The van der Waals surface area contributed by atoms with E-state index < -0.39 is 0 Å². The molecule has 1 nitrogen and oxygen atoms in total. The molecule has 1 aromatic rings. The summed E-state index contributed by atoms with van der Waals surface area (Å²) in [6.07, 6.45) is 1.12. The summed E-state index contributed by atoms with van der Waals surface area (Å²) in [5, 5.41) is 9.50. The highest BCUT2D eigenvalue weighted by Crippen LogP contribution is 2.29. The summed E-state index contributed by atoms with van der Waals surface area (Å²) >= 11 is 5.12. The van der Waals surface area contributed by atoms with Gasteiger partial charge in [0.1, 0.15) is 6.07 Å². The summed E-state index contributed by atoms with van der Waals surface area (Å²) < 4.78 is 0.961. The lowest BCUT2D eigenvalue weighted by Crippen LogP contribution is -1.93. The Kier molecular flexibility index (Phi) is 4.50. The molecule has 14 heavy (non-hydrogen) atoms. The Morgan fingerprint density at radius 3 is 2.86 bits per heavy atom. The van der Waals surface area contributed by atoms with E-state index in [1.807, 2.05) is 18.2 Å². The van der Waals surface area contributed by atoms with E-state index in [2.05, 4.69) is 35.8 Å². The average molecular weight is 270 g/mol. The van der Waals surface area contributed by atoms with Gasteiger partial charge in [0.2, 0.25) is 0 Å². The minimum absolute atomic E-state index is 0.559. The van der Waals surface area contributed by atoms with Gasteiger partial charge >= 0.3 is 0 Å². The summed E-state index contributed by atoms with van der Waals surface area (Å²) in [5.41, 5.74) is 0.754. The number of nitrogens with zero attached hydrogens (tertiary/aromatic N) is 1. The summed E-state index contributed by atoms with van der Waals surface area (Å²) in [6, 6.07) is 8.06. The molecule has 1 unspecified atom stereocenters. The molecule has 0 fully saturated rings. The molecule has 0 radical (unpaired) electrons. The maximum absolute atomic E-state index is 8.94. The maximum atomic E-state index is 8.94. The third-order valence-electron chi connectivity index (χ3n) is 1.97. The highest BCUT2D eigenvalue weighted by atomic mass is 79.9. The van der Waals surface area contributed by atoms with Gasteiger partial charge in [-0.1, -0.05) is 29.8 Å². The van der Waals surface area contributed by atoms with E-state index in [1.54, 1.807) is 11.8 Å². The largest absolute Gasteiger partial charge is 0.192 e. The molecule has 0 amide bonds. The Balaban J connectivity index is 2.92. The number of rotatable bonds is 3. The molecule has 0 spiro atoms. The van der Waals surface area contributed by atoms with Gasteiger partial charge in [0.05, 0.1) is 5.56 Å². The van der Waals surface area contributed by atoms with Gasteiger partial charge in [-0.05, 0) is 24.6 Å². The summed E-state index contributed by atoms with van der Waals surface area (Å²) in [6.45, 7) is 4.33.